The lowest BCUT2D eigenvalue weighted by Crippen LogP contribution is -2.47. The van der Waals surface area contributed by atoms with E-state index in [1.54, 1.807) is 18.1 Å². The molecule has 1 fully saturated rings. The van der Waals surface area contributed by atoms with E-state index in [0.717, 1.165) is 25.8 Å². The van der Waals surface area contributed by atoms with Crippen LogP contribution in [-0.2, 0) is 4.79 Å². The van der Waals surface area contributed by atoms with E-state index in [0.29, 0.717) is 5.82 Å². The number of anilines is 1. The molecule has 0 aromatic carbocycles. The predicted molar refractivity (Wildman–Crippen MR) is 63.3 cm³/mol. The number of likely N-dealkylation sites (N-methyl/N-ethyl adjacent to an activating group) is 1. The highest BCUT2D eigenvalue weighted by molar-refractivity contribution is 5.95. The summed E-state index contributed by atoms with van der Waals surface area (Å²) >= 11 is 0. The molecule has 1 N–H and O–H groups in total. The van der Waals surface area contributed by atoms with Crippen LogP contribution in [0.2, 0.25) is 0 Å². The van der Waals surface area contributed by atoms with Gasteiger partial charge in [0.15, 0.2) is 0 Å². The fourth-order valence-corrected chi connectivity index (χ4v) is 1.96. The van der Waals surface area contributed by atoms with Crippen molar-refractivity contribution in [1.82, 2.24) is 10.3 Å². The maximum Gasteiger partial charge on any atom is 0.245 e. The molecule has 0 saturated carbocycles. The zero-order valence-corrected chi connectivity index (χ0v) is 9.52. The second-order valence-corrected chi connectivity index (χ2v) is 4.09. The Morgan fingerprint density at radius 3 is 3.00 bits per heavy atom. The van der Waals surface area contributed by atoms with E-state index >= 15 is 0 Å². The maximum absolute atomic E-state index is 12.1. The molecule has 0 spiro atoms. The summed E-state index contributed by atoms with van der Waals surface area (Å²) in [6.07, 6.45) is 4.92. The predicted octanol–water partition coefficient (Wildman–Crippen LogP) is 1.19. The van der Waals surface area contributed by atoms with Gasteiger partial charge in [0.25, 0.3) is 0 Å². The molecule has 1 atom stereocenters. The average Bonchev–Trinajstić information content (AvgIpc) is 2.39. The Morgan fingerprint density at radius 1 is 1.50 bits per heavy atom. The van der Waals surface area contributed by atoms with E-state index in [2.05, 4.69) is 10.3 Å². The molecule has 1 aromatic rings. The monoisotopic (exact) mass is 219 g/mol. The summed E-state index contributed by atoms with van der Waals surface area (Å²) in [5.74, 6) is 0.818. The zero-order valence-electron chi connectivity index (χ0n) is 9.52. The van der Waals surface area contributed by atoms with Crippen molar-refractivity contribution >= 4 is 11.7 Å². The van der Waals surface area contributed by atoms with E-state index in [-0.39, 0.29) is 11.9 Å². The molecule has 1 aliphatic rings. The van der Waals surface area contributed by atoms with E-state index in [1.807, 2.05) is 18.2 Å². The molecular weight excluding hydrogens is 202 g/mol. The number of piperidine rings is 1. The lowest BCUT2D eigenvalue weighted by molar-refractivity contribution is -0.120. The molecule has 86 valence electrons. The van der Waals surface area contributed by atoms with Crippen LogP contribution in [0.15, 0.2) is 24.4 Å². The van der Waals surface area contributed by atoms with Gasteiger partial charge in [0, 0.05) is 13.2 Å². The standard InChI is InChI=1S/C12H17N3O/c1-15(11-7-3-5-9-14-11)12(16)10-6-2-4-8-13-10/h3,5,7,9-10,13H,2,4,6,8H2,1H3/t10-/m0/s1. The van der Waals surface area contributed by atoms with Crippen LogP contribution in [0.4, 0.5) is 5.82 Å². The second kappa shape index (κ2) is 5.07. The first-order valence-electron chi connectivity index (χ1n) is 5.71. The van der Waals surface area contributed by atoms with Gasteiger partial charge in [-0.05, 0) is 31.5 Å². The molecule has 2 rings (SSSR count). The Bertz CT molecular complexity index is 347. The Balaban J connectivity index is 2.04. The van der Waals surface area contributed by atoms with Gasteiger partial charge in [-0.3, -0.25) is 9.69 Å². The van der Waals surface area contributed by atoms with Crippen LogP contribution in [0.25, 0.3) is 0 Å². The van der Waals surface area contributed by atoms with Crippen molar-refractivity contribution in [2.24, 2.45) is 0 Å². The van der Waals surface area contributed by atoms with Crippen molar-refractivity contribution in [2.75, 3.05) is 18.5 Å². The Morgan fingerprint density at radius 2 is 2.38 bits per heavy atom. The normalized spacial score (nSPS) is 20.4. The SMILES string of the molecule is CN(C(=O)[C@@H]1CCCCN1)c1ccccn1. The molecule has 4 nitrogen and oxygen atoms in total. The molecule has 1 aromatic heterocycles. The highest BCUT2D eigenvalue weighted by atomic mass is 16.2. The third-order valence-electron chi connectivity index (χ3n) is 2.93. The number of rotatable bonds is 2. The second-order valence-electron chi connectivity index (χ2n) is 4.09. The number of carbonyl (C=O) groups excluding carboxylic acids is 1. The number of hydrogen-bond donors (Lipinski definition) is 1. The number of amides is 1. The lowest BCUT2D eigenvalue weighted by Gasteiger charge is -2.26. The van der Waals surface area contributed by atoms with Crippen molar-refractivity contribution in [3.63, 3.8) is 0 Å². The Hall–Kier alpha value is -1.42. The molecule has 4 heteroatoms. The van der Waals surface area contributed by atoms with Gasteiger partial charge in [-0.25, -0.2) is 4.98 Å². The third-order valence-corrected chi connectivity index (χ3v) is 2.93. The van der Waals surface area contributed by atoms with Crippen molar-refractivity contribution in [3.8, 4) is 0 Å². The summed E-state index contributed by atoms with van der Waals surface area (Å²) < 4.78 is 0. The fourth-order valence-electron chi connectivity index (χ4n) is 1.96. The maximum atomic E-state index is 12.1. The minimum atomic E-state index is -0.0410. The smallest absolute Gasteiger partial charge is 0.245 e. The topological polar surface area (TPSA) is 45.2 Å². The van der Waals surface area contributed by atoms with Gasteiger partial charge in [-0.15, -0.1) is 0 Å². The number of aromatic nitrogens is 1. The molecule has 0 radical (unpaired) electrons. The Kier molecular flexibility index (Phi) is 3.51. The summed E-state index contributed by atoms with van der Waals surface area (Å²) in [6, 6.07) is 5.54. The molecule has 0 unspecified atom stereocenters. The van der Waals surface area contributed by atoms with Gasteiger partial charge >= 0.3 is 0 Å². The van der Waals surface area contributed by atoms with Gasteiger partial charge in [0.05, 0.1) is 6.04 Å². The number of hydrogen-bond acceptors (Lipinski definition) is 3. The summed E-state index contributed by atoms with van der Waals surface area (Å²) in [7, 11) is 1.78. The average molecular weight is 219 g/mol. The molecule has 1 aliphatic heterocycles. The van der Waals surface area contributed by atoms with Crippen LogP contribution in [0.5, 0.6) is 0 Å². The van der Waals surface area contributed by atoms with Crippen molar-refractivity contribution < 1.29 is 4.79 Å². The lowest BCUT2D eigenvalue weighted by atomic mass is 10.0. The van der Waals surface area contributed by atoms with Crippen molar-refractivity contribution in [2.45, 2.75) is 25.3 Å². The molecular formula is C12H17N3O. The summed E-state index contributed by atoms with van der Waals surface area (Å²) in [5, 5.41) is 3.25. The first-order chi connectivity index (χ1) is 7.79. The van der Waals surface area contributed by atoms with Crippen LogP contribution in [0, 0.1) is 0 Å². The van der Waals surface area contributed by atoms with Gasteiger partial charge < -0.3 is 5.32 Å². The van der Waals surface area contributed by atoms with Gasteiger partial charge in [-0.2, -0.15) is 0 Å². The molecule has 1 saturated heterocycles. The third kappa shape index (κ3) is 2.39. The first kappa shape index (κ1) is 11.1. The first-order valence-corrected chi connectivity index (χ1v) is 5.71. The highest BCUT2D eigenvalue weighted by Crippen LogP contribution is 2.13. The fraction of sp³-hybridized carbons (Fsp3) is 0.500. The minimum absolute atomic E-state index is 0.0410. The number of nitrogens with one attached hydrogen (secondary N) is 1. The van der Waals surface area contributed by atoms with Crippen LogP contribution in [-0.4, -0.2) is 30.5 Å². The summed E-state index contributed by atoms with van der Waals surface area (Å²) in [5.41, 5.74) is 0. The van der Waals surface area contributed by atoms with Gasteiger partial charge in [0.1, 0.15) is 5.82 Å². The van der Waals surface area contributed by atoms with Gasteiger partial charge in [0.2, 0.25) is 5.91 Å². The molecule has 1 amide bonds. The van der Waals surface area contributed by atoms with Crippen molar-refractivity contribution in [3.05, 3.63) is 24.4 Å². The van der Waals surface area contributed by atoms with Crippen LogP contribution < -0.4 is 10.2 Å². The van der Waals surface area contributed by atoms with E-state index in [4.69, 9.17) is 0 Å². The van der Waals surface area contributed by atoms with Gasteiger partial charge in [-0.1, -0.05) is 12.5 Å². The number of pyridine rings is 1. The van der Waals surface area contributed by atoms with E-state index in [9.17, 15) is 4.79 Å². The van der Waals surface area contributed by atoms with Crippen LogP contribution >= 0.6 is 0 Å². The number of nitrogens with zero attached hydrogens (tertiary/aromatic N) is 2. The molecule has 16 heavy (non-hydrogen) atoms. The molecule has 0 bridgehead atoms. The molecule has 0 aliphatic carbocycles. The van der Waals surface area contributed by atoms with Crippen LogP contribution in [0.1, 0.15) is 19.3 Å². The minimum Gasteiger partial charge on any atom is -0.306 e. The summed E-state index contributed by atoms with van der Waals surface area (Å²) in [4.78, 5) is 17.9. The largest absolute Gasteiger partial charge is 0.306 e. The van der Waals surface area contributed by atoms with E-state index in [1.165, 1.54) is 0 Å². The zero-order chi connectivity index (χ0) is 11.4. The van der Waals surface area contributed by atoms with Crippen molar-refractivity contribution in [1.29, 1.82) is 0 Å². The quantitative estimate of drug-likeness (QED) is 0.812. The molecule has 2 heterocycles. The highest BCUT2D eigenvalue weighted by Gasteiger charge is 2.24. The summed E-state index contributed by atoms with van der Waals surface area (Å²) in [6.45, 7) is 0.937. The van der Waals surface area contributed by atoms with Crippen LogP contribution in [0.3, 0.4) is 0 Å². The number of carbonyl (C=O) groups is 1. The van der Waals surface area contributed by atoms with E-state index < -0.39 is 0 Å². The Labute approximate surface area is 95.7 Å².